The molecule has 0 saturated carbocycles. The molecule has 0 aliphatic carbocycles. The summed E-state index contributed by atoms with van der Waals surface area (Å²) in [4.78, 5) is 37.8. The Morgan fingerprint density at radius 2 is 1.67 bits per heavy atom. The lowest BCUT2D eigenvalue weighted by molar-refractivity contribution is -0.130. The van der Waals surface area contributed by atoms with Crippen LogP contribution in [0.15, 0.2) is 48.5 Å². The Hall–Kier alpha value is -3.13. The maximum Gasteiger partial charge on any atom is 0.256 e. The van der Waals surface area contributed by atoms with Crippen LogP contribution in [0.5, 0.6) is 0 Å². The quantitative estimate of drug-likeness (QED) is 0.801. The smallest absolute Gasteiger partial charge is 0.256 e. The van der Waals surface area contributed by atoms with Crippen molar-refractivity contribution in [2.75, 3.05) is 11.4 Å². The zero-order chi connectivity index (χ0) is 20.0. The molecule has 0 aliphatic rings. The molecule has 0 saturated heterocycles. The number of anilines is 1. The van der Waals surface area contributed by atoms with Crippen molar-refractivity contribution in [2.45, 2.75) is 19.4 Å². The summed E-state index contributed by atoms with van der Waals surface area (Å²) in [5.74, 6) is -3.51. The Morgan fingerprint density at radius 3 is 2.22 bits per heavy atom. The number of hydrogen-bond acceptors (Lipinski definition) is 4. The minimum atomic E-state index is -1.05. The Balaban J connectivity index is 2.10. The number of amides is 3. The third-order valence-corrected chi connectivity index (χ3v) is 3.69. The fourth-order valence-electron chi connectivity index (χ4n) is 2.51. The van der Waals surface area contributed by atoms with E-state index < -0.39 is 35.4 Å². The average Bonchev–Trinajstić information content (AvgIpc) is 2.61. The van der Waals surface area contributed by atoms with Crippen molar-refractivity contribution in [1.29, 1.82) is 0 Å². The summed E-state index contributed by atoms with van der Waals surface area (Å²) in [6, 6.07) is 9.87. The van der Waals surface area contributed by atoms with Crippen molar-refractivity contribution >= 4 is 23.4 Å². The first-order valence-corrected chi connectivity index (χ1v) is 8.18. The molecule has 0 radical (unpaired) electrons. The summed E-state index contributed by atoms with van der Waals surface area (Å²) in [6.07, 6.45) is -0.317. The van der Waals surface area contributed by atoms with Gasteiger partial charge >= 0.3 is 0 Å². The van der Waals surface area contributed by atoms with E-state index in [1.165, 1.54) is 6.92 Å². The number of nitrogens with two attached hydrogens (primary N) is 1. The maximum atomic E-state index is 13.2. The van der Waals surface area contributed by atoms with Crippen molar-refractivity contribution in [3.8, 4) is 0 Å². The summed E-state index contributed by atoms with van der Waals surface area (Å²) < 4.78 is 26.4. The fraction of sp³-hybridized carbons (Fsp3) is 0.211. The van der Waals surface area contributed by atoms with Crippen LogP contribution >= 0.6 is 0 Å². The molecule has 0 heterocycles. The van der Waals surface area contributed by atoms with Crippen molar-refractivity contribution in [3.05, 3.63) is 65.7 Å². The Labute approximate surface area is 155 Å². The highest BCUT2D eigenvalue weighted by Gasteiger charge is 2.27. The van der Waals surface area contributed by atoms with Gasteiger partial charge in [0, 0.05) is 6.07 Å². The van der Waals surface area contributed by atoms with Crippen molar-refractivity contribution in [3.63, 3.8) is 0 Å². The fourth-order valence-corrected chi connectivity index (χ4v) is 2.51. The van der Waals surface area contributed by atoms with Crippen LogP contribution in [0.4, 0.5) is 14.5 Å². The summed E-state index contributed by atoms with van der Waals surface area (Å²) in [6.45, 7) is 1.02. The third-order valence-electron chi connectivity index (χ3n) is 3.69. The van der Waals surface area contributed by atoms with Gasteiger partial charge in [-0.3, -0.25) is 14.4 Å². The molecule has 0 bridgehead atoms. The second-order valence-electron chi connectivity index (χ2n) is 5.85. The number of carbonyl (C=O) groups is 3. The Kier molecular flexibility index (Phi) is 6.73. The molecule has 0 aromatic heterocycles. The number of nitrogens with one attached hydrogen (secondary N) is 1. The van der Waals surface area contributed by atoms with Gasteiger partial charge in [-0.05, 0) is 36.8 Å². The van der Waals surface area contributed by atoms with Gasteiger partial charge in [0.2, 0.25) is 11.8 Å². The van der Waals surface area contributed by atoms with Crippen LogP contribution in [0, 0.1) is 11.6 Å². The minimum Gasteiger partial charge on any atom is -0.344 e. The van der Waals surface area contributed by atoms with Crippen LogP contribution in [0.25, 0.3) is 0 Å². The van der Waals surface area contributed by atoms with E-state index in [1.54, 1.807) is 30.3 Å². The van der Waals surface area contributed by atoms with Gasteiger partial charge in [0.15, 0.2) is 0 Å². The van der Waals surface area contributed by atoms with Crippen LogP contribution < -0.4 is 16.0 Å². The van der Waals surface area contributed by atoms with Crippen molar-refractivity contribution in [2.24, 2.45) is 5.73 Å². The molecule has 3 amide bonds. The summed E-state index contributed by atoms with van der Waals surface area (Å²) in [5.41, 5.74) is 5.83. The number of para-hydroxylation sites is 1. The number of imide groups is 1. The molecular weight excluding hydrogens is 356 g/mol. The van der Waals surface area contributed by atoms with Gasteiger partial charge in [-0.2, -0.15) is 0 Å². The summed E-state index contributed by atoms with van der Waals surface area (Å²) in [5, 5.41) is 2.43. The van der Waals surface area contributed by atoms with Crippen LogP contribution in [0.3, 0.4) is 0 Å². The molecule has 0 fully saturated rings. The van der Waals surface area contributed by atoms with Gasteiger partial charge in [-0.1, -0.05) is 18.2 Å². The van der Waals surface area contributed by atoms with Crippen LogP contribution in [-0.4, -0.2) is 30.3 Å². The second kappa shape index (κ2) is 9.00. The Bertz CT molecular complexity index is 823. The number of rotatable bonds is 6. The van der Waals surface area contributed by atoms with Gasteiger partial charge in [-0.15, -0.1) is 0 Å². The number of carbonyl (C=O) groups excluding carboxylic acids is 3. The van der Waals surface area contributed by atoms with E-state index in [9.17, 15) is 23.2 Å². The first-order chi connectivity index (χ1) is 12.8. The molecule has 0 unspecified atom stereocenters. The van der Waals surface area contributed by atoms with Gasteiger partial charge in [0.25, 0.3) is 5.91 Å². The van der Waals surface area contributed by atoms with Crippen LogP contribution in [0.2, 0.25) is 0 Å². The topological polar surface area (TPSA) is 92.5 Å². The van der Waals surface area contributed by atoms with E-state index in [0.717, 1.165) is 17.0 Å². The lowest BCUT2D eigenvalue weighted by atomic mass is 10.1. The zero-order valence-corrected chi connectivity index (χ0v) is 14.6. The largest absolute Gasteiger partial charge is 0.344 e. The minimum absolute atomic E-state index is 0.127. The first kappa shape index (κ1) is 20.2. The monoisotopic (exact) mass is 375 g/mol. The predicted molar refractivity (Wildman–Crippen MR) is 95.7 cm³/mol. The molecule has 142 valence electrons. The normalized spacial score (nSPS) is 11.6. The molecular formula is C19H19F2N3O3. The van der Waals surface area contributed by atoms with Crippen molar-refractivity contribution in [1.82, 2.24) is 5.32 Å². The second-order valence-corrected chi connectivity index (χ2v) is 5.85. The number of benzene rings is 2. The molecule has 0 spiro atoms. The van der Waals surface area contributed by atoms with Crippen LogP contribution in [-0.2, 0) is 20.8 Å². The number of halogens is 2. The molecule has 2 rings (SSSR count). The van der Waals surface area contributed by atoms with Gasteiger partial charge in [0.05, 0.1) is 18.7 Å². The van der Waals surface area contributed by atoms with E-state index >= 15 is 0 Å². The van der Waals surface area contributed by atoms with E-state index in [4.69, 9.17) is 5.73 Å². The van der Waals surface area contributed by atoms with E-state index in [-0.39, 0.29) is 18.5 Å². The first-order valence-electron chi connectivity index (χ1n) is 8.18. The Morgan fingerprint density at radius 1 is 1.07 bits per heavy atom. The highest BCUT2D eigenvalue weighted by atomic mass is 19.1. The molecule has 2 aromatic carbocycles. The lowest BCUT2D eigenvalue weighted by Gasteiger charge is -2.24. The molecule has 1 atom stereocenters. The summed E-state index contributed by atoms with van der Waals surface area (Å²) in [7, 11) is 0. The maximum absolute atomic E-state index is 13.2. The number of hydrogen-bond donors (Lipinski definition) is 2. The molecule has 8 heteroatoms. The summed E-state index contributed by atoms with van der Waals surface area (Å²) >= 11 is 0. The molecule has 6 nitrogen and oxygen atoms in total. The van der Waals surface area contributed by atoms with E-state index in [1.807, 2.05) is 0 Å². The third kappa shape index (κ3) is 5.42. The highest BCUT2D eigenvalue weighted by molar-refractivity contribution is 6.17. The average molecular weight is 375 g/mol. The molecule has 0 aliphatic heterocycles. The highest BCUT2D eigenvalue weighted by Crippen LogP contribution is 2.15. The van der Waals surface area contributed by atoms with Gasteiger partial charge in [0.1, 0.15) is 17.7 Å². The molecule has 2 aromatic rings. The lowest BCUT2D eigenvalue weighted by Crippen LogP contribution is -2.51. The molecule has 3 N–H and O–H groups in total. The molecule has 27 heavy (non-hydrogen) atoms. The number of nitrogens with zero attached hydrogens (tertiary/aromatic N) is 1. The van der Waals surface area contributed by atoms with E-state index in [2.05, 4.69) is 5.32 Å². The van der Waals surface area contributed by atoms with Crippen molar-refractivity contribution < 1.29 is 23.2 Å². The standard InChI is InChI=1S/C19H19F2N3O3/c1-12(23-17(25)9-13-7-14(20)10-15(21)8-13)19(27)24(18(26)11-22)16-5-3-2-4-6-16/h2-8,10,12H,9,11,22H2,1H3,(H,23,25)/t12-/m0/s1. The SMILES string of the molecule is C[C@H](NC(=O)Cc1cc(F)cc(F)c1)C(=O)N(C(=O)CN)c1ccccc1. The van der Waals surface area contributed by atoms with Crippen LogP contribution in [0.1, 0.15) is 12.5 Å². The van der Waals surface area contributed by atoms with E-state index in [0.29, 0.717) is 11.8 Å². The van der Waals surface area contributed by atoms with Gasteiger partial charge < -0.3 is 11.1 Å². The van der Waals surface area contributed by atoms with Gasteiger partial charge in [-0.25, -0.2) is 13.7 Å². The predicted octanol–water partition coefficient (Wildman–Crippen LogP) is 1.53. The zero-order valence-electron chi connectivity index (χ0n) is 14.6.